The highest BCUT2D eigenvalue weighted by Gasteiger charge is 2.29. The van der Waals surface area contributed by atoms with Gasteiger partial charge in [-0.2, -0.15) is 9.78 Å². The maximum absolute atomic E-state index is 13.4. The predicted molar refractivity (Wildman–Crippen MR) is 125 cm³/mol. The van der Waals surface area contributed by atoms with Crippen LogP contribution >= 0.6 is 11.6 Å². The summed E-state index contributed by atoms with van der Waals surface area (Å²) in [5.74, 6) is -0.116. The van der Waals surface area contributed by atoms with Gasteiger partial charge in [-0.05, 0) is 30.3 Å². The summed E-state index contributed by atoms with van der Waals surface area (Å²) in [4.78, 5) is 30.5. The monoisotopic (exact) mass is 447 g/mol. The van der Waals surface area contributed by atoms with Crippen molar-refractivity contribution in [3.63, 3.8) is 0 Å². The number of aryl methyl sites for hydroxylation is 1. The highest BCUT2D eigenvalue weighted by Crippen LogP contribution is 2.25. The summed E-state index contributed by atoms with van der Waals surface area (Å²) in [6.45, 7) is 2.57. The molecule has 2 aromatic carbocycles. The molecule has 7 nitrogen and oxygen atoms in total. The molecular formula is C24H22ClN5O2. The number of anilines is 1. The first-order valence-corrected chi connectivity index (χ1v) is 10.8. The maximum atomic E-state index is 13.4. The van der Waals surface area contributed by atoms with Gasteiger partial charge in [0.2, 0.25) is 0 Å². The maximum Gasteiger partial charge on any atom is 0.282 e. The molecule has 0 aromatic heterocycles. The van der Waals surface area contributed by atoms with Crippen LogP contribution in [0.3, 0.4) is 0 Å². The molecule has 0 N–H and O–H groups in total. The van der Waals surface area contributed by atoms with Crippen molar-refractivity contribution in [2.45, 2.75) is 0 Å². The second kappa shape index (κ2) is 8.16. The molecule has 2 aromatic rings. The zero-order valence-electron chi connectivity index (χ0n) is 17.6. The summed E-state index contributed by atoms with van der Waals surface area (Å²) in [6.07, 6.45) is 3.47. The van der Waals surface area contributed by atoms with Crippen LogP contribution in [0.25, 0.3) is 16.9 Å². The van der Waals surface area contributed by atoms with Crippen molar-refractivity contribution in [1.82, 2.24) is 19.2 Å². The normalized spacial score (nSPS) is 14.2. The molecule has 0 bridgehead atoms. The Kier molecular flexibility index (Phi) is 5.19. The number of carbonyl (C=O) groups is 1. The summed E-state index contributed by atoms with van der Waals surface area (Å²) < 4.78 is 3.11. The summed E-state index contributed by atoms with van der Waals surface area (Å²) in [6, 6.07) is 17.0. The molecule has 1 amide bonds. The van der Waals surface area contributed by atoms with E-state index in [2.05, 4.69) is 10.00 Å². The second-order valence-electron chi connectivity index (χ2n) is 7.91. The zero-order chi connectivity index (χ0) is 22.2. The molecule has 3 aliphatic heterocycles. The van der Waals surface area contributed by atoms with Gasteiger partial charge in [0.1, 0.15) is 5.69 Å². The number of amides is 1. The van der Waals surface area contributed by atoms with Crippen molar-refractivity contribution in [3.05, 3.63) is 87.9 Å². The number of aromatic nitrogens is 3. The first-order chi connectivity index (χ1) is 15.5. The van der Waals surface area contributed by atoms with Gasteiger partial charge >= 0.3 is 0 Å². The van der Waals surface area contributed by atoms with E-state index in [9.17, 15) is 9.59 Å². The minimum absolute atomic E-state index is 0.116. The molecule has 1 saturated heterocycles. The molecule has 32 heavy (non-hydrogen) atoms. The van der Waals surface area contributed by atoms with E-state index in [4.69, 9.17) is 11.6 Å². The van der Waals surface area contributed by atoms with Gasteiger partial charge in [-0.3, -0.25) is 9.59 Å². The molecule has 5 rings (SSSR count). The number of piperazine rings is 1. The van der Waals surface area contributed by atoms with Gasteiger partial charge in [0.05, 0.1) is 16.8 Å². The Morgan fingerprint density at radius 3 is 2.38 bits per heavy atom. The Bertz CT molecular complexity index is 1310. The van der Waals surface area contributed by atoms with Crippen molar-refractivity contribution >= 4 is 23.2 Å². The minimum Gasteiger partial charge on any atom is -0.368 e. The zero-order valence-corrected chi connectivity index (χ0v) is 18.4. The summed E-state index contributed by atoms with van der Waals surface area (Å²) in [5.41, 5.74) is 2.79. The molecule has 0 aliphatic carbocycles. The molecule has 3 aliphatic rings. The topological polar surface area (TPSA) is 63.4 Å². The number of nitrogens with zero attached hydrogens (tertiary/aromatic N) is 5. The van der Waals surface area contributed by atoms with E-state index in [1.807, 2.05) is 66.5 Å². The summed E-state index contributed by atoms with van der Waals surface area (Å²) in [7, 11) is 1.81. The fourth-order valence-electron chi connectivity index (χ4n) is 4.15. The quantitative estimate of drug-likeness (QED) is 0.483. The number of halogens is 1. The van der Waals surface area contributed by atoms with Gasteiger partial charge in [0.25, 0.3) is 11.5 Å². The first-order valence-electron chi connectivity index (χ1n) is 10.5. The number of benzene rings is 2. The van der Waals surface area contributed by atoms with Gasteiger partial charge in [-0.25, -0.2) is 0 Å². The lowest BCUT2D eigenvalue weighted by Gasteiger charge is -2.36. The number of carbonyl (C=O) groups excluding carboxylic acids is 1. The van der Waals surface area contributed by atoms with E-state index in [1.54, 1.807) is 17.0 Å². The number of hydrogen-bond donors (Lipinski definition) is 0. The third-order valence-corrected chi connectivity index (χ3v) is 6.00. The van der Waals surface area contributed by atoms with Gasteiger partial charge < -0.3 is 14.4 Å². The molecule has 8 heteroatoms. The Morgan fingerprint density at radius 2 is 1.66 bits per heavy atom. The Labute approximate surface area is 190 Å². The number of pyridine rings is 1. The Morgan fingerprint density at radius 1 is 0.938 bits per heavy atom. The fourth-order valence-corrected chi connectivity index (χ4v) is 4.33. The lowest BCUT2D eigenvalue weighted by Crippen LogP contribution is -2.49. The molecule has 0 unspecified atom stereocenters. The SMILES string of the molecule is Cn1cc(C(=O)N2CCN(c3cccc(Cl)c3)CC2)c2nn(-c3ccccc3)c(=O)c-2c1. The van der Waals surface area contributed by atoms with Crippen LogP contribution in [-0.4, -0.2) is 51.3 Å². The van der Waals surface area contributed by atoms with Crippen LogP contribution in [0.15, 0.2) is 71.8 Å². The minimum atomic E-state index is -0.234. The molecule has 0 saturated carbocycles. The van der Waals surface area contributed by atoms with Crippen molar-refractivity contribution < 1.29 is 4.79 Å². The van der Waals surface area contributed by atoms with Crippen molar-refractivity contribution in [2.75, 3.05) is 31.1 Å². The average Bonchev–Trinajstić information content (AvgIpc) is 3.15. The summed E-state index contributed by atoms with van der Waals surface area (Å²) >= 11 is 6.12. The molecule has 162 valence electrons. The van der Waals surface area contributed by atoms with Crippen LogP contribution in [0.1, 0.15) is 10.4 Å². The Balaban J connectivity index is 1.43. The van der Waals surface area contributed by atoms with E-state index in [0.717, 1.165) is 5.69 Å². The van der Waals surface area contributed by atoms with Crippen molar-refractivity contribution in [2.24, 2.45) is 7.05 Å². The number of para-hydroxylation sites is 1. The smallest absolute Gasteiger partial charge is 0.282 e. The highest BCUT2D eigenvalue weighted by molar-refractivity contribution is 6.30. The van der Waals surface area contributed by atoms with Gasteiger partial charge in [0, 0.05) is 56.3 Å². The molecule has 3 heterocycles. The number of rotatable bonds is 3. The van der Waals surface area contributed by atoms with Crippen molar-refractivity contribution in [3.8, 4) is 16.9 Å². The van der Waals surface area contributed by atoms with E-state index in [1.165, 1.54) is 4.68 Å². The molecule has 0 atom stereocenters. The van der Waals surface area contributed by atoms with Crippen LogP contribution in [0, 0.1) is 0 Å². The average molecular weight is 448 g/mol. The fraction of sp³-hybridized carbons (Fsp3) is 0.208. The predicted octanol–water partition coefficient (Wildman–Crippen LogP) is 3.29. The molecular weight excluding hydrogens is 426 g/mol. The largest absolute Gasteiger partial charge is 0.368 e. The third-order valence-electron chi connectivity index (χ3n) is 5.77. The lowest BCUT2D eigenvalue weighted by molar-refractivity contribution is 0.0746. The lowest BCUT2D eigenvalue weighted by atomic mass is 10.1. The van der Waals surface area contributed by atoms with Gasteiger partial charge in [0.15, 0.2) is 0 Å². The van der Waals surface area contributed by atoms with Crippen LogP contribution < -0.4 is 10.5 Å². The number of hydrogen-bond acceptors (Lipinski definition) is 4. The van der Waals surface area contributed by atoms with Gasteiger partial charge in [-0.15, -0.1) is 0 Å². The third kappa shape index (κ3) is 3.65. The first kappa shape index (κ1) is 20.3. The molecule has 0 radical (unpaired) electrons. The van der Waals surface area contributed by atoms with Crippen LogP contribution in [-0.2, 0) is 7.05 Å². The second-order valence-corrected chi connectivity index (χ2v) is 8.35. The van der Waals surface area contributed by atoms with Crippen LogP contribution in [0.2, 0.25) is 5.02 Å². The van der Waals surface area contributed by atoms with Crippen molar-refractivity contribution in [1.29, 1.82) is 0 Å². The highest BCUT2D eigenvalue weighted by atomic mass is 35.5. The van der Waals surface area contributed by atoms with E-state index in [0.29, 0.717) is 53.7 Å². The summed E-state index contributed by atoms with van der Waals surface area (Å²) in [5, 5.41) is 5.23. The van der Waals surface area contributed by atoms with Gasteiger partial charge in [-0.1, -0.05) is 35.9 Å². The van der Waals surface area contributed by atoms with Crippen LogP contribution in [0.5, 0.6) is 0 Å². The Hall–Kier alpha value is -3.58. The van der Waals surface area contributed by atoms with E-state index < -0.39 is 0 Å². The van der Waals surface area contributed by atoms with E-state index >= 15 is 0 Å². The number of fused-ring (bicyclic) bond motifs is 1. The van der Waals surface area contributed by atoms with Crippen LogP contribution in [0.4, 0.5) is 5.69 Å². The molecule has 1 fully saturated rings. The standard InChI is InChI=1S/C24H22ClN5O2/c1-27-15-20(22-21(16-27)24(32)30(26-22)18-7-3-2-4-8-18)23(31)29-12-10-28(11-13-29)19-9-5-6-17(25)14-19/h2-9,14-16H,10-13H2,1H3. The molecule has 0 spiro atoms. The van der Waals surface area contributed by atoms with E-state index in [-0.39, 0.29) is 11.5 Å².